The van der Waals surface area contributed by atoms with Crippen molar-refractivity contribution in [3.05, 3.63) is 30.3 Å². The summed E-state index contributed by atoms with van der Waals surface area (Å²) in [4.78, 5) is 20.2. The molecule has 1 saturated heterocycles. The molecule has 3 rings (SSSR count). The summed E-state index contributed by atoms with van der Waals surface area (Å²) in [6.07, 6.45) is 3.44. The van der Waals surface area contributed by atoms with Gasteiger partial charge in [-0.25, -0.2) is 0 Å². The molecule has 1 aliphatic heterocycles. The number of carbonyl (C=O) groups is 1. The van der Waals surface area contributed by atoms with Crippen molar-refractivity contribution in [1.82, 2.24) is 20.4 Å². The Morgan fingerprint density at radius 3 is 3.14 bits per heavy atom. The number of carbonyl (C=O) groups excluding carboxylic acids is 1. The monoisotopic (exact) mass is 302 g/mol. The summed E-state index contributed by atoms with van der Waals surface area (Å²) in [5.41, 5.74) is 0.656. The summed E-state index contributed by atoms with van der Waals surface area (Å²) in [6.45, 7) is 2.19. The summed E-state index contributed by atoms with van der Waals surface area (Å²) in [7, 11) is 0. The third-order valence-electron chi connectivity index (χ3n) is 3.54. The van der Waals surface area contributed by atoms with Gasteiger partial charge in [-0.3, -0.25) is 9.78 Å². The molecule has 0 saturated carbocycles. The third-order valence-corrected chi connectivity index (χ3v) is 3.54. The van der Waals surface area contributed by atoms with Gasteiger partial charge >= 0.3 is 0 Å². The molecule has 1 atom stereocenters. The Morgan fingerprint density at radius 2 is 2.36 bits per heavy atom. The van der Waals surface area contributed by atoms with Crippen LogP contribution in [0.2, 0.25) is 0 Å². The lowest BCUT2D eigenvalue weighted by Crippen LogP contribution is -2.29. The van der Waals surface area contributed by atoms with E-state index in [0.717, 1.165) is 19.6 Å². The predicted molar refractivity (Wildman–Crippen MR) is 77.8 cm³/mol. The van der Waals surface area contributed by atoms with Crippen molar-refractivity contribution in [2.24, 2.45) is 5.92 Å². The molecule has 2 aromatic heterocycles. The minimum Gasteiger partial charge on any atom is -0.381 e. The van der Waals surface area contributed by atoms with Crippen molar-refractivity contribution in [3.8, 4) is 11.5 Å². The van der Waals surface area contributed by atoms with E-state index in [2.05, 4.69) is 20.4 Å². The zero-order valence-corrected chi connectivity index (χ0v) is 12.2. The molecule has 7 heteroatoms. The minimum absolute atomic E-state index is 0.00974. The van der Waals surface area contributed by atoms with E-state index in [-0.39, 0.29) is 5.91 Å². The number of nitrogens with zero attached hydrogens (tertiary/aromatic N) is 3. The maximum Gasteiger partial charge on any atom is 0.227 e. The fraction of sp³-hybridized carbons (Fsp3) is 0.467. The van der Waals surface area contributed by atoms with Gasteiger partial charge in [0.2, 0.25) is 17.6 Å². The minimum atomic E-state index is -0.00974. The van der Waals surface area contributed by atoms with E-state index in [1.807, 2.05) is 18.2 Å². The molecular formula is C15H18N4O3. The molecule has 1 unspecified atom stereocenters. The lowest BCUT2D eigenvalue weighted by molar-refractivity contribution is -0.121. The van der Waals surface area contributed by atoms with E-state index in [1.54, 1.807) is 6.20 Å². The molecule has 1 N–H and O–H groups in total. The maximum absolute atomic E-state index is 11.8. The fourth-order valence-corrected chi connectivity index (χ4v) is 2.27. The number of amides is 1. The molecule has 0 aliphatic carbocycles. The highest BCUT2D eigenvalue weighted by Gasteiger charge is 2.16. The standard InChI is InChI=1S/C15H18N4O3/c20-13(17-9-11-6-8-21-10-11)4-5-14-18-15(19-22-14)12-3-1-2-7-16-12/h1-3,7,11H,4-6,8-10H2,(H,17,20). The Kier molecular flexibility index (Phi) is 4.75. The Hall–Kier alpha value is -2.28. The second-order valence-corrected chi connectivity index (χ2v) is 5.26. The van der Waals surface area contributed by atoms with E-state index in [0.29, 0.717) is 42.7 Å². The number of nitrogens with one attached hydrogen (secondary N) is 1. The second kappa shape index (κ2) is 7.13. The SMILES string of the molecule is O=C(CCc1nc(-c2ccccn2)no1)NCC1CCOC1. The van der Waals surface area contributed by atoms with Crippen LogP contribution in [0.25, 0.3) is 11.5 Å². The van der Waals surface area contributed by atoms with Gasteiger partial charge in [0.1, 0.15) is 5.69 Å². The molecular weight excluding hydrogens is 284 g/mol. The molecule has 0 aromatic carbocycles. The van der Waals surface area contributed by atoms with Gasteiger partial charge in [-0.05, 0) is 18.6 Å². The van der Waals surface area contributed by atoms with Crippen molar-refractivity contribution in [2.75, 3.05) is 19.8 Å². The van der Waals surface area contributed by atoms with Crippen LogP contribution < -0.4 is 5.32 Å². The van der Waals surface area contributed by atoms with Gasteiger partial charge in [0, 0.05) is 38.1 Å². The number of aromatic nitrogens is 3. The molecule has 0 spiro atoms. The summed E-state index contributed by atoms with van der Waals surface area (Å²) in [6, 6.07) is 5.49. The number of rotatable bonds is 6. The number of pyridine rings is 1. The summed E-state index contributed by atoms with van der Waals surface area (Å²) >= 11 is 0. The molecule has 1 aliphatic rings. The van der Waals surface area contributed by atoms with E-state index in [4.69, 9.17) is 9.26 Å². The van der Waals surface area contributed by atoms with E-state index in [9.17, 15) is 4.79 Å². The van der Waals surface area contributed by atoms with Crippen LogP contribution >= 0.6 is 0 Å². The number of aryl methyl sites for hydroxylation is 1. The maximum atomic E-state index is 11.8. The van der Waals surface area contributed by atoms with E-state index >= 15 is 0 Å². The summed E-state index contributed by atoms with van der Waals surface area (Å²) in [5, 5.41) is 6.79. The predicted octanol–water partition coefficient (Wildman–Crippen LogP) is 1.22. The van der Waals surface area contributed by atoms with Gasteiger partial charge in [-0.2, -0.15) is 4.98 Å². The van der Waals surface area contributed by atoms with Crippen LogP contribution in [0.15, 0.2) is 28.9 Å². The average molecular weight is 302 g/mol. The van der Waals surface area contributed by atoms with Crippen LogP contribution in [0.5, 0.6) is 0 Å². The first-order valence-corrected chi connectivity index (χ1v) is 7.39. The topological polar surface area (TPSA) is 90.1 Å². The van der Waals surface area contributed by atoms with Gasteiger partial charge in [0.15, 0.2) is 0 Å². The van der Waals surface area contributed by atoms with Gasteiger partial charge in [0.25, 0.3) is 0 Å². The quantitative estimate of drug-likeness (QED) is 0.862. The third kappa shape index (κ3) is 3.88. The molecule has 1 amide bonds. The molecule has 22 heavy (non-hydrogen) atoms. The first-order valence-electron chi connectivity index (χ1n) is 7.39. The number of ether oxygens (including phenoxy) is 1. The average Bonchev–Trinajstić information content (AvgIpc) is 3.23. The van der Waals surface area contributed by atoms with Crippen LogP contribution in [0.1, 0.15) is 18.7 Å². The molecule has 3 heterocycles. The fourth-order valence-electron chi connectivity index (χ4n) is 2.27. The zero-order chi connectivity index (χ0) is 15.2. The van der Waals surface area contributed by atoms with Crippen LogP contribution in [0, 0.1) is 5.92 Å². The largest absolute Gasteiger partial charge is 0.381 e. The zero-order valence-electron chi connectivity index (χ0n) is 12.2. The number of hydrogen-bond donors (Lipinski definition) is 1. The van der Waals surface area contributed by atoms with Gasteiger partial charge in [0.05, 0.1) is 6.61 Å². The molecule has 7 nitrogen and oxygen atoms in total. The Labute approximate surface area is 128 Å². The summed E-state index contributed by atoms with van der Waals surface area (Å²) < 4.78 is 10.4. The molecule has 1 fully saturated rings. The molecule has 116 valence electrons. The first-order chi connectivity index (χ1) is 10.8. The molecule has 0 bridgehead atoms. The van der Waals surface area contributed by atoms with Crippen molar-refractivity contribution >= 4 is 5.91 Å². The van der Waals surface area contributed by atoms with E-state index in [1.165, 1.54) is 0 Å². The highest BCUT2D eigenvalue weighted by molar-refractivity contribution is 5.76. The van der Waals surface area contributed by atoms with Gasteiger partial charge in [-0.15, -0.1) is 0 Å². The van der Waals surface area contributed by atoms with Crippen molar-refractivity contribution < 1.29 is 14.1 Å². The van der Waals surface area contributed by atoms with Crippen LogP contribution in [0.4, 0.5) is 0 Å². The first kappa shape index (κ1) is 14.6. The molecule has 2 aromatic rings. The number of hydrogen-bond acceptors (Lipinski definition) is 6. The van der Waals surface area contributed by atoms with Crippen LogP contribution in [0.3, 0.4) is 0 Å². The van der Waals surface area contributed by atoms with E-state index < -0.39 is 0 Å². The molecule has 0 radical (unpaired) electrons. The highest BCUT2D eigenvalue weighted by atomic mass is 16.5. The smallest absolute Gasteiger partial charge is 0.227 e. The van der Waals surface area contributed by atoms with Crippen LogP contribution in [-0.2, 0) is 16.0 Å². The Bertz CT molecular complexity index is 608. The van der Waals surface area contributed by atoms with Gasteiger partial charge < -0.3 is 14.6 Å². The second-order valence-electron chi connectivity index (χ2n) is 5.26. The Morgan fingerprint density at radius 1 is 1.41 bits per heavy atom. The van der Waals surface area contributed by atoms with Crippen LogP contribution in [-0.4, -0.2) is 40.8 Å². The Balaban J connectivity index is 1.45. The lowest BCUT2D eigenvalue weighted by Gasteiger charge is -2.08. The van der Waals surface area contributed by atoms with Gasteiger partial charge in [-0.1, -0.05) is 11.2 Å². The van der Waals surface area contributed by atoms with Crippen molar-refractivity contribution in [2.45, 2.75) is 19.3 Å². The summed E-state index contributed by atoms with van der Waals surface area (Å²) in [5.74, 6) is 1.31. The highest BCUT2D eigenvalue weighted by Crippen LogP contribution is 2.13. The van der Waals surface area contributed by atoms with Crippen molar-refractivity contribution in [1.29, 1.82) is 0 Å². The normalized spacial score (nSPS) is 17.5. The van der Waals surface area contributed by atoms with Crippen molar-refractivity contribution in [3.63, 3.8) is 0 Å². The lowest BCUT2D eigenvalue weighted by atomic mass is 10.1.